The molecule has 4 rings (SSSR count). The lowest BCUT2D eigenvalue weighted by Crippen LogP contribution is -2.45. The third-order valence-corrected chi connectivity index (χ3v) is 6.54. The minimum atomic E-state index is -0.857. The minimum Gasteiger partial charge on any atom is -0.452 e. The second kappa shape index (κ2) is 9.33. The van der Waals surface area contributed by atoms with E-state index in [4.69, 9.17) is 16.3 Å². The number of ether oxygens (including phenoxy) is 1. The van der Waals surface area contributed by atoms with Crippen molar-refractivity contribution in [1.29, 1.82) is 0 Å². The van der Waals surface area contributed by atoms with Crippen LogP contribution in [0.15, 0.2) is 48.5 Å². The number of hydrogen-bond acceptors (Lipinski definition) is 4. The van der Waals surface area contributed by atoms with Crippen molar-refractivity contribution >= 4 is 35.1 Å². The summed E-state index contributed by atoms with van der Waals surface area (Å²) in [6, 6.07) is 14.6. The van der Waals surface area contributed by atoms with E-state index in [-0.39, 0.29) is 29.7 Å². The van der Waals surface area contributed by atoms with Crippen LogP contribution >= 0.6 is 11.6 Å². The highest BCUT2D eigenvalue weighted by Gasteiger charge is 2.36. The number of piperidine rings is 1. The monoisotopic (exact) mass is 454 g/mol. The van der Waals surface area contributed by atoms with Gasteiger partial charge in [-0.1, -0.05) is 29.8 Å². The molecule has 1 fully saturated rings. The Kier molecular flexibility index (Phi) is 6.51. The minimum absolute atomic E-state index is 0.0307. The molecule has 2 aliphatic heterocycles. The van der Waals surface area contributed by atoms with Crippen LogP contribution in [0.4, 0.5) is 5.69 Å². The molecule has 0 aromatic heterocycles. The van der Waals surface area contributed by atoms with Gasteiger partial charge >= 0.3 is 5.97 Å². The molecule has 0 radical (unpaired) electrons. The third-order valence-electron chi connectivity index (χ3n) is 6.29. The molecule has 7 heteroatoms. The van der Waals surface area contributed by atoms with Gasteiger partial charge in [-0.2, -0.15) is 0 Å². The van der Waals surface area contributed by atoms with Gasteiger partial charge in [0.2, 0.25) is 0 Å². The van der Waals surface area contributed by atoms with Crippen LogP contribution in [0.1, 0.15) is 42.6 Å². The summed E-state index contributed by atoms with van der Waals surface area (Å²) in [5.74, 6) is -0.961. The standard InChI is InChI=1S/C25H27ClN2O4/c1-16-15-20-5-3-4-6-22(20)28(16)23(29)17(2)32-25(31)19-11-13-27(14-12-19)24(30)18-7-9-21(26)10-8-18/h3-10,16-17,19H,11-15H2,1-2H3/t16-,17+/m1/s1. The number of anilines is 1. The number of carbonyl (C=O) groups is 3. The van der Waals surface area contributed by atoms with E-state index in [2.05, 4.69) is 0 Å². The number of para-hydroxylation sites is 1. The fourth-order valence-electron chi connectivity index (χ4n) is 4.51. The Balaban J connectivity index is 1.31. The molecule has 32 heavy (non-hydrogen) atoms. The molecule has 2 atom stereocenters. The van der Waals surface area contributed by atoms with E-state index in [0.717, 1.165) is 17.7 Å². The number of halogens is 1. The van der Waals surface area contributed by atoms with Crippen molar-refractivity contribution in [3.05, 3.63) is 64.7 Å². The number of fused-ring (bicyclic) bond motifs is 1. The van der Waals surface area contributed by atoms with Crippen molar-refractivity contribution in [3.8, 4) is 0 Å². The van der Waals surface area contributed by atoms with Gasteiger partial charge < -0.3 is 14.5 Å². The van der Waals surface area contributed by atoms with E-state index in [1.165, 1.54) is 0 Å². The summed E-state index contributed by atoms with van der Waals surface area (Å²) in [6.07, 6.45) is 0.969. The zero-order chi connectivity index (χ0) is 22.8. The molecule has 0 saturated carbocycles. The predicted molar refractivity (Wildman–Crippen MR) is 123 cm³/mol. The smallest absolute Gasteiger partial charge is 0.309 e. The van der Waals surface area contributed by atoms with E-state index in [1.54, 1.807) is 41.0 Å². The molecule has 0 spiro atoms. The maximum atomic E-state index is 13.0. The number of hydrogen-bond donors (Lipinski definition) is 0. The number of benzene rings is 2. The first-order valence-electron chi connectivity index (χ1n) is 11.0. The molecule has 0 aliphatic carbocycles. The Morgan fingerprint density at radius 3 is 2.38 bits per heavy atom. The molecule has 1 saturated heterocycles. The Morgan fingerprint density at radius 1 is 1.03 bits per heavy atom. The summed E-state index contributed by atoms with van der Waals surface area (Å²) in [5, 5.41) is 0.582. The van der Waals surface area contributed by atoms with Crippen LogP contribution in [0.3, 0.4) is 0 Å². The van der Waals surface area contributed by atoms with Gasteiger partial charge in [-0.15, -0.1) is 0 Å². The Bertz CT molecular complexity index is 1010. The maximum absolute atomic E-state index is 13.0. The van der Waals surface area contributed by atoms with Gasteiger partial charge in [-0.25, -0.2) is 0 Å². The first-order chi connectivity index (χ1) is 15.3. The fourth-order valence-corrected chi connectivity index (χ4v) is 4.64. The zero-order valence-electron chi connectivity index (χ0n) is 18.3. The number of nitrogens with zero attached hydrogens (tertiary/aromatic N) is 2. The normalized spacial score (nSPS) is 19.4. The molecular formula is C25H27ClN2O4. The van der Waals surface area contributed by atoms with Gasteiger partial charge in [-0.05, 0) is 69.0 Å². The van der Waals surface area contributed by atoms with Crippen molar-refractivity contribution in [2.75, 3.05) is 18.0 Å². The summed E-state index contributed by atoms with van der Waals surface area (Å²) < 4.78 is 5.57. The SMILES string of the molecule is C[C@H](OC(=O)C1CCN(C(=O)c2ccc(Cl)cc2)CC1)C(=O)N1c2ccccc2C[C@H]1C. The molecule has 2 aliphatic rings. The van der Waals surface area contributed by atoms with Gasteiger partial charge in [-0.3, -0.25) is 14.4 Å². The molecule has 2 heterocycles. The van der Waals surface area contributed by atoms with Gasteiger partial charge in [0.15, 0.2) is 6.10 Å². The average molecular weight is 455 g/mol. The Labute approximate surface area is 193 Å². The van der Waals surface area contributed by atoms with Gasteiger partial charge in [0.05, 0.1) is 5.92 Å². The van der Waals surface area contributed by atoms with Crippen molar-refractivity contribution in [3.63, 3.8) is 0 Å². The third kappa shape index (κ3) is 4.51. The number of amides is 2. The Hall–Kier alpha value is -2.86. The van der Waals surface area contributed by atoms with Crippen molar-refractivity contribution in [1.82, 2.24) is 4.90 Å². The van der Waals surface area contributed by atoms with Gasteiger partial charge in [0.25, 0.3) is 11.8 Å². The van der Waals surface area contributed by atoms with Crippen LogP contribution in [0.25, 0.3) is 0 Å². The molecule has 0 bridgehead atoms. The number of carbonyl (C=O) groups excluding carboxylic acids is 3. The topological polar surface area (TPSA) is 66.9 Å². The van der Waals surface area contributed by atoms with E-state index in [9.17, 15) is 14.4 Å². The van der Waals surface area contributed by atoms with Crippen LogP contribution in [0.2, 0.25) is 5.02 Å². The summed E-state index contributed by atoms with van der Waals surface area (Å²) >= 11 is 5.89. The molecule has 2 aromatic carbocycles. The van der Waals surface area contributed by atoms with E-state index < -0.39 is 6.10 Å². The van der Waals surface area contributed by atoms with Crippen LogP contribution < -0.4 is 4.90 Å². The van der Waals surface area contributed by atoms with Crippen molar-refractivity contribution in [2.24, 2.45) is 5.92 Å². The zero-order valence-corrected chi connectivity index (χ0v) is 19.0. The molecule has 2 amide bonds. The first-order valence-corrected chi connectivity index (χ1v) is 11.4. The van der Waals surface area contributed by atoms with E-state index in [0.29, 0.717) is 36.5 Å². The van der Waals surface area contributed by atoms with Crippen molar-refractivity contribution in [2.45, 2.75) is 45.3 Å². The lowest BCUT2D eigenvalue weighted by atomic mass is 9.96. The molecular weight excluding hydrogens is 428 g/mol. The molecule has 6 nitrogen and oxygen atoms in total. The largest absolute Gasteiger partial charge is 0.452 e. The molecule has 0 unspecified atom stereocenters. The van der Waals surface area contributed by atoms with Crippen LogP contribution in [-0.4, -0.2) is 47.9 Å². The fraction of sp³-hybridized carbons (Fsp3) is 0.400. The van der Waals surface area contributed by atoms with E-state index in [1.807, 2.05) is 31.2 Å². The highest BCUT2D eigenvalue weighted by molar-refractivity contribution is 6.30. The van der Waals surface area contributed by atoms with Crippen LogP contribution in [-0.2, 0) is 20.7 Å². The number of rotatable bonds is 4. The number of likely N-dealkylation sites (tertiary alicyclic amines) is 1. The lowest BCUT2D eigenvalue weighted by molar-refractivity contribution is -0.159. The highest BCUT2D eigenvalue weighted by Crippen LogP contribution is 2.32. The Morgan fingerprint density at radius 2 is 1.69 bits per heavy atom. The summed E-state index contributed by atoms with van der Waals surface area (Å²) in [7, 11) is 0. The molecule has 2 aromatic rings. The van der Waals surface area contributed by atoms with Gasteiger partial charge in [0, 0.05) is 35.4 Å². The predicted octanol–water partition coefficient (Wildman–Crippen LogP) is 4.10. The second-order valence-corrected chi connectivity index (χ2v) is 8.98. The van der Waals surface area contributed by atoms with Crippen LogP contribution in [0.5, 0.6) is 0 Å². The van der Waals surface area contributed by atoms with Crippen LogP contribution in [0, 0.1) is 5.92 Å². The summed E-state index contributed by atoms with van der Waals surface area (Å²) in [6.45, 7) is 4.58. The second-order valence-electron chi connectivity index (χ2n) is 8.54. The summed E-state index contributed by atoms with van der Waals surface area (Å²) in [4.78, 5) is 41.9. The van der Waals surface area contributed by atoms with Gasteiger partial charge in [0.1, 0.15) is 0 Å². The van der Waals surface area contributed by atoms with Crippen molar-refractivity contribution < 1.29 is 19.1 Å². The maximum Gasteiger partial charge on any atom is 0.309 e. The van der Waals surface area contributed by atoms with E-state index >= 15 is 0 Å². The number of esters is 1. The molecule has 168 valence electrons. The molecule has 0 N–H and O–H groups in total. The first kappa shape index (κ1) is 22.3. The highest BCUT2D eigenvalue weighted by atomic mass is 35.5. The lowest BCUT2D eigenvalue weighted by Gasteiger charge is -2.32. The summed E-state index contributed by atoms with van der Waals surface area (Å²) in [5.41, 5.74) is 2.60. The quantitative estimate of drug-likeness (QED) is 0.652. The average Bonchev–Trinajstić information content (AvgIpc) is 3.14.